The van der Waals surface area contributed by atoms with Crippen molar-refractivity contribution in [2.75, 3.05) is 0 Å². The Morgan fingerprint density at radius 2 is 1.67 bits per heavy atom. The maximum absolute atomic E-state index is 12.8. The molecule has 0 radical (unpaired) electrons. The van der Waals surface area contributed by atoms with E-state index in [0.29, 0.717) is 4.88 Å². The summed E-state index contributed by atoms with van der Waals surface area (Å²) >= 11 is 0.878. The second-order valence-corrected chi connectivity index (χ2v) is 8.77. The zero-order chi connectivity index (χ0) is 15.7. The molecule has 1 aromatic carbocycles. The molecule has 0 spiro atoms. The topological polar surface area (TPSA) is 106 Å². The SMILES string of the molecule is NS(=O)(=O)c1ccc(CNS(=O)(=O)c2ccc(F)cc2)s1. The summed E-state index contributed by atoms with van der Waals surface area (Å²) in [5.41, 5.74) is 0. The van der Waals surface area contributed by atoms with Gasteiger partial charge in [0, 0.05) is 11.4 Å². The highest BCUT2D eigenvalue weighted by atomic mass is 32.2. The van der Waals surface area contributed by atoms with E-state index in [4.69, 9.17) is 5.14 Å². The highest BCUT2D eigenvalue weighted by molar-refractivity contribution is 7.91. The van der Waals surface area contributed by atoms with Crippen LogP contribution < -0.4 is 9.86 Å². The van der Waals surface area contributed by atoms with E-state index in [1.54, 1.807) is 0 Å². The Bertz CT molecular complexity index is 842. The number of halogens is 1. The third-order valence-corrected chi connectivity index (χ3v) is 6.42. The van der Waals surface area contributed by atoms with E-state index in [-0.39, 0.29) is 15.6 Å². The molecule has 0 aliphatic heterocycles. The molecule has 2 rings (SSSR count). The Hall–Kier alpha value is -1.33. The minimum Gasteiger partial charge on any atom is -0.224 e. The minimum atomic E-state index is -3.79. The van der Waals surface area contributed by atoms with Gasteiger partial charge in [-0.25, -0.2) is 31.1 Å². The first-order chi connectivity index (χ1) is 9.68. The van der Waals surface area contributed by atoms with Gasteiger partial charge in [-0.15, -0.1) is 11.3 Å². The number of thiophene rings is 1. The lowest BCUT2D eigenvalue weighted by Gasteiger charge is -2.05. The standard InChI is InChI=1S/C11H11FN2O4S3/c12-8-1-4-10(5-2-8)21(17,18)14-7-9-3-6-11(19-9)20(13,15)16/h1-6,14H,7H2,(H2,13,15,16). The molecule has 10 heteroatoms. The van der Waals surface area contributed by atoms with Gasteiger partial charge in [-0.2, -0.15) is 0 Å². The zero-order valence-corrected chi connectivity index (χ0v) is 12.9. The van der Waals surface area contributed by atoms with Gasteiger partial charge in [0.1, 0.15) is 10.0 Å². The number of hydrogen-bond donors (Lipinski definition) is 2. The predicted octanol–water partition coefficient (Wildman–Crippen LogP) is 1.01. The van der Waals surface area contributed by atoms with E-state index in [1.165, 1.54) is 12.1 Å². The highest BCUT2D eigenvalue weighted by Crippen LogP contribution is 2.20. The van der Waals surface area contributed by atoms with Crippen LogP contribution in [0.4, 0.5) is 4.39 Å². The van der Waals surface area contributed by atoms with Crippen LogP contribution in [0, 0.1) is 5.82 Å². The fourth-order valence-corrected chi connectivity index (χ4v) is 4.29. The number of hydrogen-bond acceptors (Lipinski definition) is 5. The van der Waals surface area contributed by atoms with Gasteiger partial charge in [-0.3, -0.25) is 0 Å². The van der Waals surface area contributed by atoms with E-state index in [2.05, 4.69) is 4.72 Å². The molecule has 0 saturated carbocycles. The van der Waals surface area contributed by atoms with E-state index in [0.717, 1.165) is 35.6 Å². The van der Waals surface area contributed by atoms with Gasteiger partial charge in [0.05, 0.1) is 4.90 Å². The van der Waals surface area contributed by atoms with Crippen LogP contribution in [0.2, 0.25) is 0 Å². The molecular weight excluding hydrogens is 339 g/mol. The highest BCUT2D eigenvalue weighted by Gasteiger charge is 2.16. The van der Waals surface area contributed by atoms with Crippen LogP contribution in [-0.4, -0.2) is 16.8 Å². The van der Waals surface area contributed by atoms with Gasteiger partial charge in [0.15, 0.2) is 0 Å². The third kappa shape index (κ3) is 4.08. The molecule has 2 aromatic rings. The third-order valence-electron chi connectivity index (χ3n) is 2.48. The Labute approximate surface area is 125 Å². The quantitative estimate of drug-likeness (QED) is 0.839. The second-order valence-electron chi connectivity index (χ2n) is 4.04. The number of nitrogens with one attached hydrogen (secondary N) is 1. The molecule has 3 N–H and O–H groups in total. The maximum atomic E-state index is 12.8. The molecule has 0 amide bonds. The van der Waals surface area contributed by atoms with Crippen LogP contribution in [0.15, 0.2) is 45.5 Å². The van der Waals surface area contributed by atoms with Crippen LogP contribution in [0.5, 0.6) is 0 Å². The molecule has 114 valence electrons. The van der Waals surface area contributed by atoms with Crippen LogP contribution in [-0.2, 0) is 26.6 Å². The Morgan fingerprint density at radius 3 is 2.19 bits per heavy atom. The van der Waals surface area contributed by atoms with Crippen molar-refractivity contribution in [1.82, 2.24) is 4.72 Å². The van der Waals surface area contributed by atoms with Crippen LogP contribution in [0.3, 0.4) is 0 Å². The largest absolute Gasteiger partial charge is 0.247 e. The summed E-state index contributed by atoms with van der Waals surface area (Å²) in [5, 5.41) is 4.97. The van der Waals surface area contributed by atoms with Crippen molar-refractivity contribution in [3.63, 3.8) is 0 Å². The summed E-state index contributed by atoms with van der Waals surface area (Å²) in [6, 6.07) is 7.14. The van der Waals surface area contributed by atoms with Crippen LogP contribution >= 0.6 is 11.3 Å². The van der Waals surface area contributed by atoms with Gasteiger partial charge in [0.25, 0.3) is 0 Å². The van der Waals surface area contributed by atoms with E-state index in [9.17, 15) is 21.2 Å². The number of sulfonamides is 2. The molecule has 0 aliphatic carbocycles. The smallest absolute Gasteiger partial charge is 0.224 e. The van der Waals surface area contributed by atoms with Crippen molar-refractivity contribution in [1.29, 1.82) is 0 Å². The maximum Gasteiger partial charge on any atom is 0.247 e. The molecule has 0 atom stereocenters. The van der Waals surface area contributed by atoms with Crippen molar-refractivity contribution in [2.24, 2.45) is 5.14 Å². The van der Waals surface area contributed by atoms with Gasteiger partial charge in [-0.1, -0.05) is 0 Å². The minimum absolute atomic E-state index is 0.0431. The summed E-state index contributed by atoms with van der Waals surface area (Å²) in [6.07, 6.45) is 0. The summed E-state index contributed by atoms with van der Waals surface area (Å²) in [5.74, 6) is -0.537. The van der Waals surface area contributed by atoms with Crippen molar-refractivity contribution >= 4 is 31.4 Å². The van der Waals surface area contributed by atoms with Gasteiger partial charge in [-0.05, 0) is 36.4 Å². The van der Waals surface area contributed by atoms with E-state index in [1.807, 2.05) is 0 Å². The molecule has 1 aromatic heterocycles. The fourth-order valence-electron chi connectivity index (χ4n) is 1.47. The van der Waals surface area contributed by atoms with Crippen molar-refractivity contribution in [3.8, 4) is 0 Å². The number of nitrogens with two attached hydrogens (primary N) is 1. The molecular formula is C11H11FN2O4S3. The Morgan fingerprint density at radius 1 is 1.05 bits per heavy atom. The number of rotatable bonds is 5. The summed E-state index contributed by atoms with van der Waals surface area (Å²) < 4.78 is 61.1. The predicted molar refractivity (Wildman–Crippen MR) is 76.1 cm³/mol. The van der Waals surface area contributed by atoms with Gasteiger partial charge >= 0.3 is 0 Å². The molecule has 0 bridgehead atoms. The van der Waals surface area contributed by atoms with Crippen LogP contribution in [0.25, 0.3) is 0 Å². The van der Waals surface area contributed by atoms with E-state index >= 15 is 0 Å². The summed E-state index contributed by atoms with van der Waals surface area (Å²) in [4.78, 5) is 0.414. The Balaban J connectivity index is 2.12. The number of primary sulfonamides is 1. The fraction of sp³-hybridized carbons (Fsp3) is 0.0909. The molecule has 0 unspecified atom stereocenters. The summed E-state index contributed by atoms with van der Waals surface area (Å²) in [6.45, 7) is -0.0834. The molecule has 0 fully saturated rings. The average Bonchev–Trinajstić information content (AvgIpc) is 2.86. The lowest BCUT2D eigenvalue weighted by atomic mass is 10.4. The van der Waals surface area contributed by atoms with E-state index < -0.39 is 25.9 Å². The van der Waals surface area contributed by atoms with Gasteiger partial charge in [0.2, 0.25) is 20.0 Å². The van der Waals surface area contributed by atoms with Crippen molar-refractivity contribution < 1.29 is 21.2 Å². The first-order valence-corrected chi connectivity index (χ1v) is 9.40. The van der Waals surface area contributed by atoms with Crippen LogP contribution in [0.1, 0.15) is 4.88 Å². The lowest BCUT2D eigenvalue weighted by Crippen LogP contribution is -2.22. The molecule has 0 aliphatic rings. The summed E-state index contributed by atoms with van der Waals surface area (Å²) in [7, 11) is -7.59. The number of benzene rings is 1. The molecule has 6 nitrogen and oxygen atoms in total. The monoisotopic (exact) mass is 350 g/mol. The molecule has 21 heavy (non-hydrogen) atoms. The van der Waals surface area contributed by atoms with Crippen molar-refractivity contribution in [2.45, 2.75) is 15.6 Å². The first-order valence-electron chi connectivity index (χ1n) is 5.55. The Kier molecular flexibility index (Phi) is 4.44. The lowest BCUT2D eigenvalue weighted by molar-refractivity contribution is 0.580. The average molecular weight is 350 g/mol. The zero-order valence-electron chi connectivity index (χ0n) is 10.5. The van der Waals surface area contributed by atoms with Crippen molar-refractivity contribution in [3.05, 3.63) is 47.1 Å². The first kappa shape index (κ1) is 16.0. The second kappa shape index (κ2) is 5.81. The molecule has 1 heterocycles. The van der Waals surface area contributed by atoms with Gasteiger partial charge < -0.3 is 0 Å². The normalized spacial score (nSPS) is 12.5. The molecule has 0 saturated heterocycles.